The van der Waals surface area contributed by atoms with Crippen LogP contribution < -0.4 is 0 Å². The fraction of sp³-hybridized carbons (Fsp3) is 0.400. The zero-order valence-electron chi connectivity index (χ0n) is 5.11. The van der Waals surface area contributed by atoms with Gasteiger partial charge < -0.3 is 10.2 Å². The lowest BCUT2D eigenvalue weighted by molar-refractivity contribution is -0.166. The topological polar surface area (TPSA) is 60.8 Å². The third-order valence-electron chi connectivity index (χ3n) is 0.869. The van der Waals surface area contributed by atoms with Gasteiger partial charge in [-0.25, -0.2) is 0 Å². The van der Waals surface area contributed by atoms with Crippen molar-refractivity contribution < 1.29 is 15.0 Å². The second-order valence-corrected chi connectivity index (χ2v) is 1.50. The molecule has 0 aliphatic carbocycles. The van der Waals surface area contributed by atoms with Crippen molar-refractivity contribution in [1.29, 1.82) is 0 Å². The molecule has 4 heteroatoms. The largest absolute Gasteiger partial charge is 0.351 e. The van der Waals surface area contributed by atoms with E-state index >= 15 is 0 Å². The molecule has 0 bridgehead atoms. The highest BCUT2D eigenvalue weighted by atomic mass is 16.5. The van der Waals surface area contributed by atoms with Crippen LogP contribution in [0.4, 0.5) is 0 Å². The maximum Gasteiger partial charge on any atom is 0.249 e. The normalized spacial score (nSPS) is 9.33. The molecule has 0 spiro atoms. The first kappa shape index (κ1) is 8.13. The van der Waals surface area contributed by atoms with E-state index in [1.54, 1.807) is 0 Å². The number of aliphatic hydroxyl groups is 2. The Kier molecular flexibility index (Phi) is 2.90. The van der Waals surface area contributed by atoms with Gasteiger partial charge in [-0.2, -0.15) is 0 Å². The minimum atomic E-state index is -1.74. The number of aliphatic hydroxyl groups excluding tert-OH is 1. The molecule has 0 aliphatic rings. The fourth-order valence-corrected chi connectivity index (χ4v) is 0.258. The minimum absolute atomic E-state index is 0.523. The highest BCUT2D eigenvalue weighted by Crippen LogP contribution is 1.87. The average molecular weight is 131 g/mol. The molecule has 0 atom stereocenters. The van der Waals surface area contributed by atoms with Crippen LogP contribution in [0.3, 0.4) is 0 Å². The Morgan fingerprint density at radius 1 is 1.78 bits per heavy atom. The summed E-state index contributed by atoms with van der Waals surface area (Å²) < 4.78 is 0. The van der Waals surface area contributed by atoms with E-state index in [9.17, 15) is 4.79 Å². The van der Waals surface area contributed by atoms with Crippen LogP contribution in [0.5, 0.6) is 0 Å². The van der Waals surface area contributed by atoms with E-state index in [1.807, 2.05) is 0 Å². The molecule has 0 aromatic rings. The van der Waals surface area contributed by atoms with Gasteiger partial charge in [-0.15, -0.1) is 0 Å². The molecule has 0 rings (SSSR count). The summed E-state index contributed by atoms with van der Waals surface area (Å²) >= 11 is 0. The molecule has 0 aromatic heterocycles. The third-order valence-corrected chi connectivity index (χ3v) is 0.869. The molecule has 0 unspecified atom stereocenters. The summed E-state index contributed by atoms with van der Waals surface area (Å²) in [6, 6.07) is 0. The van der Waals surface area contributed by atoms with Crippen LogP contribution in [-0.4, -0.2) is 34.5 Å². The van der Waals surface area contributed by atoms with Crippen molar-refractivity contribution in [1.82, 2.24) is 4.90 Å². The van der Waals surface area contributed by atoms with E-state index < -0.39 is 12.3 Å². The van der Waals surface area contributed by atoms with Crippen LogP contribution in [0.2, 0.25) is 0 Å². The number of likely N-dealkylation sites (N-methyl/N-ethyl adjacent to an activating group) is 1. The molecule has 52 valence electrons. The highest BCUT2D eigenvalue weighted by Gasteiger charge is 2.09. The maximum absolute atomic E-state index is 10.4. The van der Waals surface area contributed by atoms with E-state index in [0.717, 1.165) is 11.0 Å². The van der Waals surface area contributed by atoms with Gasteiger partial charge in [0, 0.05) is 7.05 Å². The standard InChI is InChI=1S/C5H9NO3/c1-3-4(7)6(2)5(8)9/h3,5,8-9H,1H2,2H3. The first-order valence-electron chi connectivity index (χ1n) is 2.35. The van der Waals surface area contributed by atoms with Crippen LogP contribution in [-0.2, 0) is 4.79 Å². The lowest BCUT2D eigenvalue weighted by Gasteiger charge is -2.15. The molecular formula is C5H9NO3. The lowest BCUT2D eigenvalue weighted by Crippen LogP contribution is -2.35. The van der Waals surface area contributed by atoms with Crippen molar-refractivity contribution >= 4 is 5.91 Å². The predicted molar refractivity (Wildman–Crippen MR) is 31.2 cm³/mol. The summed E-state index contributed by atoms with van der Waals surface area (Å²) in [5.74, 6) is -0.523. The Labute approximate surface area is 53.0 Å². The van der Waals surface area contributed by atoms with Gasteiger partial charge in [0.05, 0.1) is 0 Å². The fourth-order valence-electron chi connectivity index (χ4n) is 0.258. The van der Waals surface area contributed by atoms with Crippen molar-refractivity contribution in [3.63, 3.8) is 0 Å². The Bertz CT molecular complexity index is 121. The van der Waals surface area contributed by atoms with Crippen molar-refractivity contribution in [3.8, 4) is 0 Å². The number of carbonyl (C=O) groups excluding carboxylic acids is 1. The van der Waals surface area contributed by atoms with Gasteiger partial charge in [0.15, 0.2) is 0 Å². The molecule has 0 saturated heterocycles. The number of hydrogen-bond acceptors (Lipinski definition) is 3. The summed E-state index contributed by atoms with van der Waals surface area (Å²) in [7, 11) is 1.26. The van der Waals surface area contributed by atoms with Gasteiger partial charge >= 0.3 is 0 Å². The average Bonchev–Trinajstić information content (AvgIpc) is 1.84. The van der Waals surface area contributed by atoms with Gasteiger partial charge in [0.1, 0.15) is 0 Å². The summed E-state index contributed by atoms with van der Waals surface area (Å²) in [4.78, 5) is 11.2. The zero-order chi connectivity index (χ0) is 7.44. The number of hydrogen-bond donors (Lipinski definition) is 2. The monoisotopic (exact) mass is 131 g/mol. The van der Waals surface area contributed by atoms with Crippen molar-refractivity contribution in [3.05, 3.63) is 12.7 Å². The van der Waals surface area contributed by atoms with Crippen LogP contribution in [0, 0.1) is 0 Å². The van der Waals surface area contributed by atoms with Gasteiger partial charge in [-0.3, -0.25) is 9.69 Å². The lowest BCUT2D eigenvalue weighted by atomic mass is 10.5. The number of nitrogens with zero attached hydrogens (tertiary/aromatic N) is 1. The van der Waals surface area contributed by atoms with Gasteiger partial charge in [0.25, 0.3) is 0 Å². The number of rotatable bonds is 2. The summed E-state index contributed by atoms with van der Waals surface area (Å²) in [6.07, 6.45) is -0.741. The molecule has 0 aliphatic heterocycles. The van der Waals surface area contributed by atoms with E-state index in [-0.39, 0.29) is 0 Å². The van der Waals surface area contributed by atoms with Crippen LogP contribution in [0.25, 0.3) is 0 Å². The second kappa shape index (κ2) is 3.21. The third kappa shape index (κ3) is 2.25. The molecule has 4 nitrogen and oxygen atoms in total. The van der Waals surface area contributed by atoms with Crippen LogP contribution >= 0.6 is 0 Å². The molecule has 2 N–H and O–H groups in total. The highest BCUT2D eigenvalue weighted by molar-refractivity contribution is 5.86. The van der Waals surface area contributed by atoms with Gasteiger partial charge in [0.2, 0.25) is 12.3 Å². The Morgan fingerprint density at radius 3 is 2.33 bits per heavy atom. The molecule has 0 heterocycles. The first-order chi connectivity index (χ1) is 4.09. The van der Waals surface area contributed by atoms with Crippen LogP contribution in [0.1, 0.15) is 0 Å². The van der Waals surface area contributed by atoms with E-state index in [1.165, 1.54) is 7.05 Å². The summed E-state index contributed by atoms with van der Waals surface area (Å²) in [5, 5.41) is 16.7. The summed E-state index contributed by atoms with van der Waals surface area (Å²) in [6.45, 7) is 3.15. The predicted octanol–water partition coefficient (Wildman–Crippen LogP) is -1.10. The quantitative estimate of drug-likeness (QED) is 0.369. The molecule has 0 fully saturated rings. The summed E-state index contributed by atoms with van der Waals surface area (Å²) in [5.41, 5.74) is 0. The van der Waals surface area contributed by atoms with Gasteiger partial charge in [-0.05, 0) is 6.08 Å². The Hall–Kier alpha value is -0.870. The Balaban J connectivity index is 3.87. The van der Waals surface area contributed by atoms with Crippen molar-refractivity contribution in [2.75, 3.05) is 7.05 Å². The Morgan fingerprint density at radius 2 is 2.22 bits per heavy atom. The molecule has 9 heavy (non-hydrogen) atoms. The number of amides is 1. The molecule has 0 saturated carbocycles. The molecule has 1 amide bonds. The van der Waals surface area contributed by atoms with Crippen LogP contribution in [0.15, 0.2) is 12.7 Å². The van der Waals surface area contributed by atoms with Crippen molar-refractivity contribution in [2.45, 2.75) is 6.41 Å². The molecule has 0 aromatic carbocycles. The number of carbonyl (C=O) groups is 1. The smallest absolute Gasteiger partial charge is 0.249 e. The SMILES string of the molecule is C=CC(=O)N(C)C(O)O. The minimum Gasteiger partial charge on any atom is -0.351 e. The van der Waals surface area contributed by atoms with E-state index in [4.69, 9.17) is 10.2 Å². The van der Waals surface area contributed by atoms with E-state index in [2.05, 4.69) is 6.58 Å². The zero-order valence-corrected chi connectivity index (χ0v) is 5.11. The second-order valence-electron chi connectivity index (χ2n) is 1.50. The molecular weight excluding hydrogens is 122 g/mol. The maximum atomic E-state index is 10.4. The van der Waals surface area contributed by atoms with Crippen molar-refractivity contribution in [2.24, 2.45) is 0 Å². The van der Waals surface area contributed by atoms with E-state index in [0.29, 0.717) is 0 Å². The first-order valence-corrected chi connectivity index (χ1v) is 2.35. The van der Waals surface area contributed by atoms with Gasteiger partial charge in [-0.1, -0.05) is 6.58 Å². The molecule has 0 radical (unpaired) electrons.